The van der Waals surface area contributed by atoms with Crippen molar-refractivity contribution in [2.45, 2.75) is 57.7 Å². The average molecular weight is 583 g/mol. The molecule has 1 saturated heterocycles. The van der Waals surface area contributed by atoms with Crippen LogP contribution in [0.15, 0.2) is 40.9 Å². The zero-order valence-electron chi connectivity index (χ0n) is 21.7. The van der Waals surface area contributed by atoms with E-state index in [1.165, 1.54) is 0 Å². The Balaban J connectivity index is 1.05. The summed E-state index contributed by atoms with van der Waals surface area (Å²) in [6, 6.07) is 11.3. The summed E-state index contributed by atoms with van der Waals surface area (Å²) in [6.07, 6.45) is 5.64. The Morgan fingerprint density at radius 2 is 1.90 bits per heavy atom. The number of aromatic nitrogens is 2. The topological polar surface area (TPSA) is 68.5 Å². The Bertz CT molecular complexity index is 1540. The summed E-state index contributed by atoms with van der Waals surface area (Å²) in [6.45, 7) is 4.08. The van der Waals surface area contributed by atoms with Gasteiger partial charge >= 0.3 is 0 Å². The van der Waals surface area contributed by atoms with Crippen LogP contribution in [0.25, 0.3) is 21.5 Å². The molecule has 2 aliphatic carbocycles. The van der Waals surface area contributed by atoms with E-state index < -0.39 is 0 Å². The van der Waals surface area contributed by atoms with Crippen molar-refractivity contribution >= 4 is 55.7 Å². The van der Waals surface area contributed by atoms with Gasteiger partial charge in [-0.3, -0.25) is 4.79 Å². The molecule has 0 radical (unpaired) electrons. The summed E-state index contributed by atoms with van der Waals surface area (Å²) in [5, 5.41) is 6.60. The molecule has 9 heteroatoms. The summed E-state index contributed by atoms with van der Waals surface area (Å²) < 4.78 is 13.5. The lowest BCUT2D eigenvalue weighted by Gasteiger charge is -2.30. The van der Waals surface area contributed by atoms with Gasteiger partial charge in [0.15, 0.2) is 10.9 Å². The second-order valence-electron chi connectivity index (χ2n) is 11.2. The van der Waals surface area contributed by atoms with Crippen molar-refractivity contribution in [2.24, 2.45) is 11.8 Å². The fraction of sp³-hybridized carbons (Fsp3) is 0.433. The highest BCUT2D eigenvalue weighted by Crippen LogP contribution is 2.47. The van der Waals surface area contributed by atoms with Gasteiger partial charge < -0.3 is 14.2 Å². The number of thiazole rings is 1. The third-order valence-electron chi connectivity index (χ3n) is 8.49. The third kappa shape index (κ3) is 4.88. The number of hydrogen-bond donors (Lipinski definition) is 0. The van der Waals surface area contributed by atoms with E-state index >= 15 is 0 Å². The van der Waals surface area contributed by atoms with Gasteiger partial charge in [0, 0.05) is 35.7 Å². The van der Waals surface area contributed by atoms with Gasteiger partial charge in [0.1, 0.15) is 11.5 Å². The van der Waals surface area contributed by atoms with Gasteiger partial charge in [-0.15, -0.1) is 0 Å². The number of hydrogen-bond acceptors (Lipinski definition) is 7. The molecular formula is C30H29Cl2N3O3S. The molecule has 2 aromatic heterocycles. The fourth-order valence-corrected chi connectivity index (χ4v) is 7.81. The van der Waals surface area contributed by atoms with Crippen LogP contribution >= 0.6 is 34.5 Å². The van der Waals surface area contributed by atoms with E-state index in [1.807, 2.05) is 36.4 Å². The summed E-state index contributed by atoms with van der Waals surface area (Å²) >= 11 is 14.7. The number of halogens is 2. The molecular weight excluding hydrogens is 553 g/mol. The molecule has 3 aliphatic rings. The van der Waals surface area contributed by atoms with Crippen molar-refractivity contribution in [3.05, 3.63) is 63.3 Å². The Hall–Kier alpha value is -2.45. The van der Waals surface area contributed by atoms with Crippen LogP contribution in [0.4, 0.5) is 5.13 Å². The number of rotatable bonds is 7. The first-order valence-corrected chi connectivity index (χ1v) is 15.2. The van der Waals surface area contributed by atoms with Crippen LogP contribution in [0.2, 0.25) is 10.0 Å². The van der Waals surface area contributed by atoms with E-state index in [0.29, 0.717) is 40.1 Å². The molecule has 2 aromatic carbocycles. The standard InChI is InChI=1S/C30H29Cl2N3O3S/c1-16(36)18-8-10-25-26(12-18)39-30(33-25)35-13-19-7-9-21(11-20(19)14-35)37-15-22-28(34-38-29(22)17-5-6-17)27-23(31)3-2-4-24(27)32/h2-4,8,10,12,17,19-21H,5-7,9,11,13-15H2,1H3. The van der Waals surface area contributed by atoms with Crippen LogP contribution in [-0.4, -0.2) is 35.1 Å². The Kier molecular flexibility index (Phi) is 6.66. The predicted molar refractivity (Wildman–Crippen MR) is 155 cm³/mol. The van der Waals surface area contributed by atoms with Gasteiger partial charge in [-0.2, -0.15) is 0 Å². The number of carbonyl (C=O) groups excluding carboxylic acids is 1. The maximum Gasteiger partial charge on any atom is 0.186 e. The van der Waals surface area contributed by atoms with Gasteiger partial charge in [-0.25, -0.2) is 4.98 Å². The van der Waals surface area contributed by atoms with Crippen LogP contribution in [0.5, 0.6) is 0 Å². The molecule has 7 rings (SSSR count). The number of Topliss-reactive ketones (excluding diaryl/α,β-unsaturated/α-hetero) is 1. The van der Waals surface area contributed by atoms with Crippen molar-refractivity contribution in [3.63, 3.8) is 0 Å². The maximum atomic E-state index is 11.8. The zero-order valence-corrected chi connectivity index (χ0v) is 24.0. The number of fused-ring (bicyclic) bond motifs is 2. The van der Waals surface area contributed by atoms with Crippen LogP contribution in [-0.2, 0) is 11.3 Å². The Morgan fingerprint density at radius 3 is 2.67 bits per heavy atom. The maximum absolute atomic E-state index is 11.8. The molecule has 0 spiro atoms. The Labute approximate surface area is 241 Å². The van der Waals surface area contributed by atoms with Crippen LogP contribution in [0, 0.1) is 11.8 Å². The van der Waals surface area contributed by atoms with E-state index in [9.17, 15) is 4.79 Å². The lowest BCUT2D eigenvalue weighted by Crippen LogP contribution is -2.28. The fourth-order valence-electron chi connectivity index (χ4n) is 6.21. The van der Waals surface area contributed by atoms with Crippen LogP contribution < -0.4 is 4.90 Å². The molecule has 39 heavy (non-hydrogen) atoms. The smallest absolute Gasteiger partial charge is 0.186 e. The minimum Gasteiger partial charge on any atom is -0.373 e. The Morgan fingerprint density at radius 1 is 1.10 bits per heavy atom. The quantitative estimate of drug-likeness (QED) is 0.205. The molecule has 4 aromatic rings. The number of benzene rings is 2. The summed E-state index contributed by atoms with van der Waals surface area (Å²) in [4.78, 5) is 19.1. The highest BCUT2D eigenvalue weighted by atomic mass is 35.5. The normalized spacial score (nSPS) is 22.9. The molecule has 0 bridgehead atoms. The molecule has 3 heterocycles. The SMILES string of the molecule is CC(=O)c1ccc2nc(N3CC4CCC(OCc5c(-c6c(Cl)cccc6Cl)noc5C5CC5)CC4C3)sc2c1. The van der Waals surface area contributed by atoms with Crippen molar-refractivity contribution in [2.75, 3.05) is 18.0 Å². The molecule has 202 valence electrons. The molecule has 0 N–H and O–H groups in total. The number of nitrogens with zero attached hydrogens (tertiary/aromatic N) is 3. The van der Waals surface area contributed by atoms with Crippen molar-refractivity contribution in [1.82, 2.24) is 10.1 Å². The molecule has 6 nitrogen and oxygen atoms in total. The number of carbonyl (C=O) groups is 1. The highest BCUT2D eigenvalue weighted by Gasteiger charge is 2.40. The first-order chi connectivity index (χ1) is 18.9. The van der Waals surface area contributed by atoms with Gasteiger partial charge in [0.05, 0.1) is 33.0 Å². The summed E-state index contributed by atoms with van der Waals surface area (Å²) in [5.41, 5.74) is 4.12. The second-order valence-corrected chi connectivity index (χ2v) is 13.0. The van der Waals surface area contributed by atoms with Gasteiger partial charge in [0.2, 0.25) is 0 Å². The summed E-state index contributed by atoms with van der Waals surface area (Å²) in [5.74, 6) is 2.64. The summed E-state index contributed by atoms with van der Waals surface area (Å²) in [7, 11) is 0. The third-order valence-corrected chi connectivity index (χ3v) is 10.2. The highest BCUT2D eigenvalue weighted by molar-refractivity contribution is 7.22. The van der Waals surface area contributed by atoms with Gasteiger partial charge in [-0.1, -0.05) is 45.8 Å². The van der Waals surface area contributed by atoms with Crippen LogP contribution in [0.3, 0.4) is 0 Å². The van der Waals surface area contributed by atoms with Crippen LogP contribution in [0.1, 0.15) is 66.6 Å². The lowest BCUT2D eigenvalue weighted by molar-refractivity contribution is -0.00495. The van der Waals surface area contributed by atoms with E-state index in [0.717, 1.165) is 83.0 Å². The van der Waals surface area contributed by atoms with E-state index in [1.54, 1.807) is 18.3 Å². The minimum atomic E-state index is 0.0858. The van der Waals surface area contributed by atoms with E-state index in [2.05, 4.69) is 10.1 Å². The molecule has 3 atom stereocenters. The van der Waals surface area contributed by atoms with E-state index in [-0.39, 0.29) is 11.9 Å². The molecule has 3 fully saturated rings. The zero-order chi connectivity index (χ0) is 26.7. The van der Waals surface area contributed by atoms with Crippen molar-refractivity contribution in [1.29, 1.82) is 0 Å². The number of ketones is 1. The molecule has 2 saturated carbocycles. The van der Waals surface area contributed by atoms with Crippen molar-refractivity contribution in [3.8, 4) is 11.3 Å². The predicted octanol–water partition coefficient (Wildman–Crippen LogP) is 8.16. The molecule has 3 unspecified atom stereocenters. The monoisotopic (exact) mass is 581 g/mol. The lowest BCUT2D eigenvalue weighted by atomic mass is 9.80. The molecule has 1 aliphatic heterocycles. The minimum absolute atomic E-state index is 0.0858. The van der Waals surface area contributed by atoms with Gasteiger partial charge in [0.25, 0.3) is 0 Å². The average Bonchev–Trinajstić information content (AvgIpc) is 3.34. The second kappa shape index (κ2) is 10.2. The van der Waals surface area contributed by atoms with Crippen molar-refractivity contribution < 1.29 is 14.1 Å². The number of anilines is 1. The largest absolute Gasteiger partial charge is 0.373 e. The first-order valence-electron chi connectivity index (χ1n) is 13.7. The molecule has 0 amide bonds. The van der Waals surface area contributed by atoms with Gasteiger partial charge in [-0.05, 0) is 81.2 Å². The van der Waals surface area contributed by atoms with E-state index in [4.69, 9.17) is 37.4 Å². The first kappa shape index (κ1) is 25.5. The number of ether oxygens (including phenoxy) is 1.